The maximum absolute atomic E-state index is 10.9. The van der Waals surface area contributed by atoms with E-state index >= 15 is 0 Å². The summed E-state index contributed by atoms with van der Waals surface area (Å²) in [5.74, 6) is 0. The molecule has 1 heterocycles. The fraction of sp³-hybridized carbons (Fsp3) is 0.500. The van der Waals surface area contributed by atoms with Crippen LogP contribution in [0.2, 0.25) is 0 Å². The summed E-state index contributed by atoms with van der Waals surface area (Å²) in [4.78, 5) is 10.9. The number of rotatable bonds is 2. The number of nitrogens with one attached hydrogen (secondary N) is 2. The zero-order valence-corrected chi connectivity index (χ0v) is 5.90. The second-order valence-corrected chi connectivity index (χ2v) is 2.22. The van der Waals surface area contributed by atoms with Gasteiger partial charge in [0.2, 0.25) is 0 Å². The third-order valence-electron chi connectivity index (χ3n) is 1.48. The van der Waals surface area contributed by atoms with Gasteiger partial charge in [0.15, 0.2) is 0 Å². The number of hydrogen-bond acceptors (Lipinski definition) is 2. The van der Waals surface area contributed by atoms with Crippen LogP contribution in [0.3, 0.4) is 0 Å². The smallest absolute Gasteiger partial charge is 0.267 e. The van der Waals surface area contributed by atoms with Gasteiger partial charge in [0, 0.05) is 11.3 Å². The SMILES string of the molecule is Cc1[nH][nH]c(=O)c1CCN. The third kappa shape index (κ3) is 1.11. The first-order valence-electron chi connectivity index (χ1n) is 3.22. The highest BCUT2D eigenvalue weighted by Crippen LogP contribution is 1.95. The molecule has 0 aliphatic carbocycles. The molecule has 4 heteroatoms. The van der Waals surface area contributed by atoms with Gasteiger partial charge in [-0.25, -0.2) is 0 Å². The van der Waals surface area contributed by atoms with E-state index in [2.05, 4.69) is 10.2 Å². The monoisotopic (exact) mass is 141 g/mol. The van der Waals surface area contributed by atoms with E-state index in [-0.39, 0.29) is 5.56 Å². The van der Waals surface area contributed by atoms with Crippen molar-refractivity contribution >= 4 is 0 Å². The molecule has 56 valence electrons. The molecular weight excluding hydrogens is 130 g/mol. The molecule has 4 N–H and O–H groups in total. The summed E-state index contributed by atoms with van der Waals surface area (Å²) in [5, 5.41) is 5.21. The molecule has 4 nitrogen and oxygen atoms in total. The van der Waals surface area contributed by atoms with Crippen molar-refractivity contribution < 1.29 is 0 Å². The molecule has 0 spiro atoms. The molecule has 0 bridgehead atoms. The van der Waals surface area contributed by atoms with Crippen molar-refractivity contribution in [1.82, 2.24) is 10.2 Å². The minimum absolute atomic E-state index is 0.0528. The Hall–Kier alpha value is -1.03. The van der Waals surface area contributed by atoms with Gasteiger partial charge in [-0.15, -0.1) is 0 Å². The van der Waals surface area contributed by atoms with Gasteiger partial charge in [0.1, 0.15) is 0 Å². The predicted octanol–water partition coefficient (Wildman–Crippen LogP) is -0.487. The quantitative estimate of drug-likeness (QED) is 0.520. The number of aromatic nitrogens is 2. The van der Waals surface area contributed by atoms with E-state index in [1.807, 2.05) is 6.92 Å². The summed E-state index contributed by atoms with van der Waals surface area (Å²) in [5.41, 5.74) is 6.89. The van der Waals surface area contributed by atoms with E-state index in [0.29, 0.717) is 13.0 Å². The van der Waals surface area contributed by atoms with Crippen LogP contribution in [0.15, 0.2) is 4.79 Å². The Labute approximate surface area is 58.4 Å². The van der Waals surface area contributed by atoms with E-state index in [1.54, 1.807) is 0 Å². The van der Waals surface area contributed by atoms with Gasteiger partial charge in [-0.2, -0.15) is 0 Å². The normalized spacial score (nSPS) is 10.2. The van der Waals surface area contributed by atoms with Gasteiger partial charge in [-0.3, -0.25) is 9.89 Å². The highest BCUT2D eigenvalue weighted by atomic mass is 16.1. The lowest BCUT2D eigenvalue weighted by Crippen LogP contribution is -2.12. The van der Waals surface area contributed by atoms with Crippen LogP contribution in [0.1, 0.15) is 11.3 Å². The summed E-state index contributed by atoms with van der Waals surface area (Å²) >= 11 is 0. The zero-order valence-electron chi connectivity index (χ0n) is 5.90. The molecule has 1 rings (SSSR count). The minimum atomic E-state index is -0.0528. The van der Waals surface area contributed by atoms with Crippen LogP contribution >= 0.6 is 0 Å². The fourth-order valence-corrected chi connectivity index (χ4v) is 0.917. The van der Waals surface area contributed by atoms with Crippen LogP contribution in [0.5, 0.6) is 0 Å². The van der Waals surface area contributed by atoms with Crippen LogP contribution in [-0.4, -0.2) is 16.7 Å². The molecule has 0 radical (unpaired) electrons. The first-order chi connectivity index (χ1) is 4.75. The van der Waals surface area contributed by atoms with Crippen LogP contribution in [0.4, 0.5) is 0 Å². The molecule has 0 saturated heterocycles. The molecule has 1 aromatic heterocycles. The van der Waals surface area contributed by atoms with E-state index in [1.165, 1.54) is 0 Å². The van der Waals surface area contributed by atoms with Gasteiger partial charge >= 0.3 is 0 Å². The third-order valence-corrected chi connectivity index (χ3v) is 1.48. The Morgan fingerprint density at radius 3 is 2.60 bits per heavy atom. The lowest BCUT2D eigenvalue weighted by atomic mass is 10.2. The Balaban J connectivity index is 2.99. The summed E-state index contributed by atoms with van der Waals surface area (Å²) in [6.45, 7) is 2.37. The first-order valence-corrected chi connectivity index (χ1v) is 3.22. The standard InChI is InChI=1S/C6H11N3O/c1-4-5(2-3-7)6(10)9-8-4/h2-3,7H2,1H3,(H2,8,9,10). The molecule has 0 atom stereocenters. The van der Waals surface area contributed by atoms with Crippen LogP contribution < -0.4 is 11.3 Å². The van der Waals surface area contributed by atoms with Gasteiger partial charge in [0.05, 0.1) is 0 Å². The van der Waals surface area contributed by atoms with Gasteiger partial charge in [-0.05, 0) is 19.9 Å². The molecular formula is C6H11N3O. The van der Waals surface area contributed by atoms with Crippen LogP contribution in [0.25, 0.3) is 0 Å². The predicted molar refractivity (Wildman–Crippen MR) is 38.9 cm³/mol. The fourth-order valence-electron chi connectivity index (χ4n) is 0.917. The Bertz CT molecular complexity index is 260. The number of aryl methyl sites for hydroxylation is 1. The average Bonchev–Trinajstić information content (AvgIpc) is 2.20. The van der Waals surface area contributed by atoms with Crippen molar-refractivity contribution in [2.75, 3.05) is 6.54 Å². The molecule has 0 fully saturated rings. The van der Waals surface area contributed by atoms with Crippen molar-refractivity contribution in [3.8, 4) is 0 Å². The van der Waals surface area contributed by atoms with Crippen molar-refractivity contribution in [2.24, 2.45) is 5.73 Å². The highest BCUT2D eigenvalue weighted by molar-refractivity contribution is 5.14. The summed E-state index contributed by atoms with van der Waals surface area (Å²) in [7, 11) is 0. The molecule has 0 aliphatic rings. The number of nitrogens with two attached hydrogens (primary N) is 1. The van der Waals surface area contributed by atoms with E-state index in [4.69, 9.17) is 5.73 Å². The number of hydrogen-bond donors (Lipinski definition) is 3. The number of aromatic amines is 2. The molecule has 0 unspecified atom stereocenters. The van der Waals surface area contributed by atoms with E-state index in [9.17, 15) is 4.79 Å². The second-order valence-electron chi connectivity index (χ2n) is 2.22. The Morgan fingerprint density at radius 2 is 2.20 bits per heavy atom. The summed E-state index contributed by atoms with van der Waals surface area (Å²) < 4.78 is 0. The van der Waals surface area contributed by atoms with Crippen LogP contribution in [-0.2, 0) is 6.42 Å². The highest BCUT2D eigenvalue weighted by Gasteiger charge is 2.02. The molecule has 1 aromatic rings. The van der Waals surface area contributed by atoms with Crippen molar-refractivity contribution in [1.29, 1.82) is 0 Å². The summed E-state index contributed by atoms with van der Waals surface area (Å²) in [6.07, 6.45) is 0.644. The minimum Gasteiger partial charge on any atom is -0.330 e. The Kier molecular flexibility index (Phi) is 1.91. The maximum atomic E-state index is 10.9. The largest absolute Gasteiger partial charge is 0.330 e. The van der Waals surface area contributed by atoms with E-state index < -0.39 is 0 Å². The summed E-state index contributed by atoms with van der Waals surface area (Å²) in [6, 6.07) is 0. The van der Waals surface area contributed by atoms with Gasteiger partial charge in [-0.1, -0.05) is 0 Å². The van der Waals surface area contributed by atoms with E-state index in [0.717, 1.165) is 11.3 Å². The molecule has 10 heavy (non-hydrogen) atoms. The maximum Gasteiger partial charge on any atom is 0.267 e. The van der Waals surface area contributed by atoms with Crippen molar-refractivity contribution in [3.63, 3.8) is 0 Å². The van der Waals surface area contributed by atoms with Crippen LogP contribution in [0, 0.1) is 6.92 Å². The zero-order chi connectivity index (χ0) is 7.56. The van der Waals surface area contributed by atoms with Gasteiger partial charge < -0.3 is 10.8 Å². The van der Waals surface area contributed by atoms with Gasteiger partial charge in [0.25, 0.3) is 5.56 Å². The van der Waals surface area contributed by atoms with Crippen molar-refractivity contribution in [2.45, 2.75) is 13.3 Å². The molecule has 0 saturated carbocycles. The molecule has 0 aromatic carbocycles. The topological polar surface area (TPSA) is 74.7 Å². The van der Waals surface area contributed by atoms with Crippen molar-refractivity contribution in [3.05, 3.63) is 21.6 Å². The number of H-pyrrole nitrogens is 2. The lowest BCUT2D eigenvalue weighted by Gasteiger charge is -1.90. The second kappa shape index (κ2) is 2.70. The average molecular weight is 141 g/mol. The first kappa shape index (κ1) is 7.08. The lowest BCUT2D eigenvalue weighted by molar-refractivity contribution is 0.950. The Morgan fingerprint density at radius 1 is 1.50 bits per heavy atom. The molecule has 0 amide bonds. The molecule has 0 aliphatic heterocycles.